The summed E-state index contributed by atoms with van der Waals surface area (Å²) in [5, 5.41) is 6.19. The first kappa shape index (κ1) is 13.7. The first-order chi connectivity index (χ1) is 8.67. The van der Waals surface area contributed by atoms with Crippen molar-refractivity contribution in [2.24, 2.45) is 0 Å². The Morgan fingerprint density at radius 2 is 2.50 bits per heavy atom. The number of aromatic nitrogens is 1. The number of hydrogen-bond acceptors (Lipinski definition) is 5. The fourth-order valence-corrected chi connectivity index (χ4v) is 4.01. The van der Waals surface area contributed by atoms with Crippen molar-refractivity contribution in [3.8, 4) is 0 Å². The minimum absolute atomic E-state index is 0.0625. The van der Waals surface area contributed by atoms with Crippen molar-refractivity contribution < 1.29 is 4.79 Å². The second kappa shape index (κ2) is 6.43. The zero-order chi connectivity index (χ0) is 13.0. The maximum absolute atomic E-state index is 11.8. The Hall–Kier alpha value is -0.750. The summed E-state index contributed by atoms with van der Waals surface area (Å²) in [6, 6.07) is 0.345. The molecule has 6 heteroatoms. The molecular formula is C12H19N3OS2. The molecule has 2 rings (SSSR count). The monoisotopic (exact) mass is 285 g/mol. The molecule has 100 valence electrons. The SMILES string of the molecule is CCSC1CCC(NC(=O)Cc2csc(N)n2)C1. The molecule has 0 radical (unpaired) electrons. The molecule has 1 fully saturated rings. The number of thiazole rings is 1. The van der Waals surface area contributed by atoms with Gasteiger partial charge in [-0.2, -0.15) is 11.8 Å². The molecule has 1 saturated carbocycles. The number of amides is 1. The summed E-state index contributed by atoms with van der Waals surface area (Å²) in [5.74, 6) is 1.22. The van der Waals surface area contributed by atoms with E-state index in [-0.39, 0.29) is 5.91 Å². The van der Waals surface area contributed by atoms with Gasteiger partial charge < -0.3 is 11.1 Å². The largest absolute Gasteiger partial charge is 0.375 e. The van der Waals surface area contributed by atoms with Crippen molar-refractivity contribution >= 4 is 34.1 Å². The van der Waals surface area contributed by atoms with E-state index in [1.165, 1.54) is 17.8 Å². The van der Waals surface area contributed by atoms with Crippen LogP contribution in [0.2, 0.25) is 0 Å². The number of carbonyl (C=O) groups is 1. The molecule has 0 bridgehead atoms. The van der Waals surface area contributed by atoms with E-state index in [1.54, 1.807) is 0 Å². The number of nitrogens with one attached hydrogen (secondary N) is 1. The van der Waals surface area contributed by atoms with Crippen LogP contribution in [0.3, 0.4) is 0 Å². The average molecular weight is 285 g/mol. The fourth-order valence-electron chi connectivity index (χ4n) is 2.31. The van der Waals surface area contributed by atoms with Crippen LogP contribution in [0.15, 0.2) is 5.38 Å². The Labute approximate surface area is 116 Å². The van der Waals surface area contributed by atoms with Crippen molar-refractivity contribution in [2.45, 2.75) is 43.9 Å². The fraction of sp³-hybridized carbons (Fsp3) is 0.667. The molecule has 1 aliphatic carbocycles. The first-order valence-electron chi connectivity index (χ1n) is 6.28. The van der Waals surface area contributed by atoms with Gasteiger partial charge >= 0.3 is 0 Å². The lowest BCUT2D eigenvalue weighted by atomic mass is 10.2. The summed E-state index contributed by atoms with van der Waals surface area (Å²) in [6.07, 6.45) is 3.76. The van der Waals surface area contributed by atoms with E-state index < -0.39 is 0 Å². The molecule has 0 aliphatic heterocycles. The minimum atomic E-state index is 0.0625. The Bertz CT molecular complexity index is 408. The number of nitrogen functional groups attached to an aromatic ring is 1. The molecule has 1 aliphatic rings. The molecule has 4 nitrogen and oxygen atoms in total. The Balaban J connectivity index is 1.75. The maximum Gasteiger partial charge on any atom is 0.226 e. The van der Waals surface area contributed by atoms with Crippen LogP contribution >= 0.6 is 23.1 Å². The highest BCUT2D eigenvalue weighted by Crippen LogP contribution is 2.29. The molecule has 0 saturated heterocycles. The highest BCUT2D eigenvalue weighted by molar-refractivity contribution is 7.99. The average Bonchev–Trinajstić information content (AvgIpc) is 2.89. The predicted octanol–water partition coefficient (Wildman–Crippen LogP) is 2.06. The van der Waals surface area contributed by atoms with Crippen LogP contribution in [0.25, 0.3) is 0 Å². The molecule has 18 heavy (non-hydrogen) atoms. The molecule has 1 aromatic rings. The lowest BCUT2D eigenvalue weighted by Crippen LogP contribution is -2.34. The molecule has 1 heterocycles. The lowest BCUT2D eigenvalue weighted by molar-refractivity contribution is -0.121. The number of hydrogen-bond donors (Lipinski definition) is 2. The van der Waals surface area contributed by atoms with Gasteiger partial charge in [0.2, 0.25) is 5.91 Å². The molecule has 1 amide bonds. The molecule has 1 aromatic heterocycles. The Kier molecular flexibility index (Phi) is 4.88. The summed E-state index contributed by atoms with van der Waals surface area (Å²) < 4.78 is 0. The summed E-state index contributed by atoms with van der Waals surface area (Å²) in [5.41, 5.74) is 6.31. The zero-order valence-corrected chi connectivity index (χ0v) is 12.1. The second-order valence-corrected chi connectivity index (χ2v) is 6.98. The minimum Gasteiger partial charge on any atom is -0.375 e. The third-order valence-corrected chi connectivity index (χ3v) is 5.02. The molecule has 0 aromatic carbocycles. The highest BCUT2D eigenvalue weighted by atomic mass is 32.2. The number of nitrogens with zero attached hydrogens (tertiary/aromatic N) is 1. The van der Waals surface area contributed by atoms with Gasteiger partial charge in [-0.25, -0.2) is 4.98 Å². The van der Waals surface area contributed by atoms with Crippen LogP contribution in [-0.4, -0.2) is 27.9 Å². The standard InChI is InChI=1S/C12H19N3OS2/c1-2-17-10-4-3-8(5-10)14-11(16)6-9-7-18-12(13)15-9/h7-8,10H,2-6H2,1H3,(H2,13,15)(H,14,16). The van der Waals surface area contributed by atoms with Gasteiger partial charge in [0.05, 0.1) is 12.1 Å². The number of rotatable bonds is 5. The summed E-state index contributed by atoms with van der Waals surface area (Å²) in [6.45, 7) is 2.18. The van der Waals surface area contributed by atoms with Crippen molar-refractivity contribution in [3.63, 3.8) is 0 Å². The summed E-state index contributed by atoms with van der Waals surface area (Å²) in [7, 11) is 0. The first-order valence-corrected chi connectivity index (χ1v) is 8.21. The van der Waals surface area contributed by atoms with Gasteiger partial charge in [-0.3, -0.25) is 4.79 Å². The normalized spacial score (nSPS) is 23.2. The smallest absolute Gasteiger partial charge is 0.226 e. The maximum atomic E-state index is 11.8. The van der Waals surface area contributed by atoms with E-state index >= 15 is 0 Å². The van der Waals surface area contributed by atoms with Gasteiger partial charge in [-0.1, -0.05) is 6.92 Å². The van der Waals surface area contributed by atoms with Gasteiger partial charge in [-0.15, -0.1) is 11.3 Å². The van der Waals surface area contributed by atoms with Crippen LogP contribution in [0, 0.1) is 0 Å². The van der Waals surface area contributed by atoms with Crippen LogP contribution in [0.1, 0.15) is 31.9 Å². The molecule has 0 spiro atoms. The topological polar surface area (TPSA) is 68.0 Å². The number of carbonyl (C=O) groups excluding carboxylic acids is 1. The van der Waals surface area contributed by atoms with Crippen LogP contribution in [0.4, 0.5) is 5.13 Å². The van der Waals surface area contributed by atoms with E-state index in [1.807, 2.05) is 17.1 Å². The lowest BCUT2D eigenvalue weighted by Gasteiger charge is -2.12. The highest BCUT2D eigenvalue weighted by Gasteiger charge is 2.25. The van der Waals surface area contributed by atoms with Crippen LogP contribution in [-0.2, 0) is 11.2 Å². The van der Waals surface area contributed by atoms with Crippen molar-refractivity contribution in [3.05, 3.63) is 11.1 Å². The number of anilines is 1. The molecule has 2 unspecified atom stereocenters. The summed E-state index contributed by atoms with van der Waals surface area (Å²) in [4.78, 5) is 15.9. The van der Waals surface area contributed by atoms with Gasteiger partial charge in [0.1, 0.15) is 0 Å². The van der Waals surface area contributed by atoms with Crippen molar-refractivity contribution in [1.82, 2.24) is 10.3 Å². The van der Waals surface area contributed by atoms with Gasteiger partial charge in [0.15, 0.2) is 5.13 Å². The molecular weight excluding hydrogens is 266 g/mol. The van der Waals surface area contributed by atoms with Gasteiger partial charge in [0, 0.05) is 16.7 Å². The molecule has 2 atom stereocenters. The van der Waals surface area contributed by atoms with E-state index in [9.17, 15) is 4.79 Å². The van der Waals surface area contributed by atoms with E-state index in [4.69, 9.17) is 5.73 Å². The Morgan fingerprint density at radius 1 is 1.67 bits per heavy atom. The number of nitrogens with two attached hydrogens (primary N) is 1. The van der Waals surface area contributed by atoms with E-state index in [0.29, 0.717) is 17.6 Å². The predicted molar refractivity (Wildman–Crippen MR) is 77.9 cm³/mol. The van der Waals surface area contributed by atoms with Crippen molar-refractivity contribution in [2.75, 3.05) is 11.5 Å². The second-order valence-electron chi connectivity index (χ2n) is 4.51. The van der Waals surface area contributed by atoms with E-state index in [2.05, 4.69) is 17.2 Å². The van der Waals surface area contributed by atoms with Crippen molar-refractivity contribution in [1.29, 1.82) is 0 Å². The van der Waals surface area contributed by atoms with E-state index in [0.717, 1.165) is 29.5 Å². The Morgan fingerprint density at radius 3 is 3.17 bits per heavy atom. The third-order valence-electron chi connectivity index (χ3n) is 3.06. The van der Waals surface area contributed by atoms with Crippen LogP contribution < -0.4 is 11.1 Å². The van der Waals surface area contributed by atoms with Gasteiger partial charge in [-0.05, 0) is 25.0 Å². The van der Waals surface area contributed by atoms with Gasteiger partial charge in [0.25, 0.3) is 0 Å². The third kappa shape index (κ3) is 3.88. The zero-order valence-electron chi connectivity index (χ0n) is 10.5. The number of thioether (sulfide) groups is 1. The quantitative estimate of drug-likeness (QED) is 0.869. The van der Waals surface area contributed by atoms with Crippen LogP contribution in [0.5, 0.6) is 0 Å². The summed E-state index contributed by atoms with van der Waals surface area (Å²) >= 11 is 3.38. The molecule has 3 N–H and O–H groups in total.